The van der Waals surface area contributed by atoms with E-state index in [1.165, 1.54) is 12.1 Å². The van der Waals surface area contributed by atoms with Gasteiger partial charge in [0.1, 0.15) is 22.7 Å². The Balaban J connectivity index is 0.000000221. The van der Waals surface area contributed by atoms with E-state index in [4.69, 9.17) is 20.9 Å². The highest BCUT2D eigenvalue weighted by Gasteiger charge is 2.41. The van der Waals surface area contributed by atoms with Crippen molar-refractivity contribution in [3.8, 4) is 0 Å². The fourth-order valence-electron chi connectivity index (χ4n) is 9.28. The van der Waals surface area contributed by atoms with Crippen molar-refractivity contribution < 1.29 is 54.2 Å². The molecule has 4 aliphatic rings. The minimum Gasteiger partial charge on any atom is -0.381 e. The van der Waals surface area contributed by atoms with Gasteiger partial charge in [0.2, 0.25) is 11.8 Å². The Hall–Kier alpha value is -3.34. The molecule has 2 saturated carbocycles. The number of ether oxygens (including phenoxy) is 2. The molecule has 6 N–H and O–H groups in total. The van der Waals surface area contributed by atoms with Gasteiger partial charge in [-0.1, -0.05) is 12.1 Å². The Labute approximate surface area is 334 Å². The second-order valence-corrected chi connectivity index (χ2v) is 16.4. The standard InChI is InChI=1S/2C21H28F4N2O2/c2*22-16-5-6-17(18(13-16)21(23,24)25)15-3-1-14(2-4-15)7-10-27-20(19(26)28)8-11-29-12-9-20/h2*5-6,13-15,27H,1-4,7-12H2,(H2,26,28). The summed E-state index contributed by atoms with van der Waals surface area (Å²) in [4.78, 5) is 23.8. The molecular weight excluding hydrogens is 776 g/mol. The van der Waals surface area contributed by atoms with E-state index in [0.29, 0.717) is 115 Å². The molecule has 2 aromatic carbocycles. The molecule has 0 unspecified atom stereocenters. The number of primary amides is 2. The molecule has 0 radical (unpaired) electrons. The maximum absolute atomic E-state index is 13.3. The third-order valence-corrected chi connectivity index (χ3v) is 12.9. The van der Waals surface area contributed by atoms with Crippen molar-refractivity contribution >= 4 is 11.8 Å². The number of nitrogens with one attached hydrogen (secondary N) is 2. The number of hydrogen-bond donors (Lipinski definition) is 4. The zero-order valence-corrected chi connectivity index (χ0v) is 32.7. The molecule has 6 rings (SSSR count). The molecule has 16 heteroatoms. The zero-order valence-electron chi connectivity index (χ0n) is 32.7. The highest BCUT2D eigenvalue weighted by atomic mass is 19.4. The number of nitrogens with two attached hydrogens (primary N) is 2. The molecule has 58 heavy (non-hydrogen) atoms. The first-order chi connectivity index (χ1) is 27.4. The van der Waals surface area contributed by atoms with Gasteiger partial charge in [-0.15, -0.1) is 0 Å². The summed E-state index contributed by atoms with van der Waals surface area (Å²) in [6.07, 6.45) is 0.652. The number of alkyl halides is 6. The molecule has 8 nitrogen and oxygen atoms in total. The zero-order chi connectivity index (χ0) is 42.1. The first-order valence-corrected chi connectivity index (χ1v) is 20.4. The lowest BCUT2D eigenvalue weighted by Gasteiger charge is -2.36. The van der Waals surface area contributed by atoms with Crippen molar-refractivity contribution in [3.63, 3.8) is 0 Å². The van der Waals surface area contributed by atoms with E-state index in [-0.39, 0.29) is 34.8 Å². The maximum atomic E-state index is 13.3. The summed E-state index contributed by atoms with van der Waals surface area (Å²) in [5.74, 6) is -2.08. The summed E-state index contributed by atoms with van der Waals surface area (Å²) >= 11 is 0. The number of carbonyl (C=O) groups is 2. The number of rotatable bonds is 12. The van der Waals surface area contributed by atoms with Crippen molar-refractivity contribution in [1.29, 1.82) is 0 Å². The normalized spacial score (nSPS) is 25.0. The molecule has 2 amide bonds. The van der Waals surface area contributed by atoms with Crippen LogP contribution in [-0.2, 0) is 31.4 Å². The average Bonchev–Trinajstić information content (AvgIpc) is 3.19. The minimum absolute atomic E-state index is 0.199. The van der Waals surface area contributed by atoms with Crippen molar-refractivity contribution in [3.05, 3.63) is 70.3 Å². The SMILES string of the molecule is NC(=O)C1(NCCC2CCC(c3ccc(F)cc3C(F)(F)F)CC2)CCOCC1.NC(=O)C1(NCCC2CCC(c3ccc(F)cc3C(F)(F)F)CC2)CCOCC1. The van der Waals surface area contributed by atoms with Crippen molar-refractivity contribution in [2.45, 2.75) is 125 Å². The van der Waals surface area contributed by atoms with Gasteiger partial charge in [0, 0.05) is 26.4 Å². The lowest BCUT2D eigenvalue weighted by Crippen LogP contribution is -2.58. The predicted molar refractivity (Wildman–Crippen MR) is 201 cm³/mol. The van der Waals surface area contributed by atoms with Crippen molar-refractivity contribution in [2.24, 2.45) is 23.3 Å². The average molecular weight is 833 g/mol. The molecule has 2 saturated heterocycles. The fraction of sp³-hybridized carbons (Fsp3) is 0.667. The van der Waals surface area contributed by atoms with Crippen LogP contribution in [0.1, 0.15) is 124 Å². The number of halogens is 8. The topological polar surface area (TPSA) is 129 Å². The Morgan fingerprint density at radius 2 is 0.914 bits per heavy atom. The van der Waals surface area contributed by atoms with Crippen LogP contribution >= 0.6 is 0 Å². The third kappa shape index (κ3) is 11.9. The molecule has 0 spiro atoms. The van der Waals surface area contributed by atoms with Crippen LogP contribution in [0.5, 0.6) is 0 Å². The molecular formula is C42H56F8N4O4. The Bertz CT molecular complexity index is 1540. The summed E-state index contributed by atoms with van der Waals surface area (Å²) in [5.41, 5.74) is 8.43. The van der Waals surface area contributed by atoms with Gasteiger partial charge in [-0.25, -0.2) is 8.78 Å². The lowest BCUT2D eigenvalue weighted by atomic mass is 9.76. The lowest BCUT2D eigenvalue weighted by molar-refractivity contribution is -0.139. The Morgan fingerprint density at radius 3 is 1.21 bits per heavy atom. The number of hydrogen-bond acceptors (Lipinski definition) is 6. The molecule has 2 aromatic rings. The summed E-state index contributed by atoms with van der Waals surface area (Å²) in [7, 11) is 0. The summed E-state index contributed by atoms with van der Waals surface area (Å²) in [5, 5.41) is 6.63. The van der Waals surface area contributed by atoms with Crippen molar-refractivity contribution in [1.82, 2.24) is 10.6 Å². The van der Waals surface area contributed by atoms with Crippen LogP contribution in [0.2, 0.25) is 0 Å². The summed E-state index contributed by atoms with van der Waals surface area (Å²) in [6, 6.07) is 5.99. The smallest absolute Gasteiger partial charge is 0.381 e. The van der Waals surface area contributed by atoms with Gasteiger partial charge in [0.25, 0.3) is 0 Å². The van der Waals surface area contributed by atoms with Gasteiger partial charge in [-0.2, -0.15) is 26.3 Å². The molecule has 0 aromatic heterocycles. The minimum atomic E-state index is -4.55. The number of benzene rings is 2. The van der Waals surface area contributed by atoms with Gasteiger partial charge in [0.15, 0.2) is 0 Å². The van der Waals surface area contributed by atoms with E-state index in [2.05, 4.69) is 10.6 Å². The van der Waals surface area contributed by atoms with E-state index in [1.807, 2.05) is 0 Å². The van der Waals surface area contributed by atoms with Crippen LogP contribution in [0.3, 0.4) is 0 Å². The predicted octanol–water partition coefficient (Wildman–Crippen LogP) is 8.27. The van der Waals surface area contributed by atoms with Crippen LogP contribution in [0.4, 0.5) is 35.1 Å². The first-order valence-electron chi connectivity index (χ1n) is 20.4. The second-order valence-electron chi connectivity index (χ2n) is 16.4. The molecule has 2 heterocycles. The van der Waals surface area contributed by atoms with Gasteiger partial charge >= 0.3 is 12.4 Å². The molecule has 0 atom stereocenters. The summed E-state index contributed by atoms with van der Waals surface area (Å²) in [6.45, 7) is 3.28. The van der Waals surface area contributed by atoms with Gasteiger partial charge in [0.05, 0.1) is 11.1 Å². The van der Waals surface area contributed by atoms with Crippen LogP contribution in [0.25, 0.3) is 0 Å². The molecule has 4 fully saturated rings. The van der Waals surface area contributed by atoms with Crippen LogP contribution < -0.4 is 22.1 Å². The van der Waals surface area contributed by atoms with Gasteiger partial charge in [-0.3, -0.25) is 9.59 Å². The highest BCUT2D eigenvalue weighted by Crippen LogP contribution is 2.44. The largest absolute Gasteiger partial charge is 0.416 e. The van der Waals surface area contributed by atoms with Gasteiger partial charge < -0.3 is 31.6 Å². The van der Waals surface area contributed by atoms with E-state index in [1.54, 1.807) is 0 Å². The summed E-state index contributed by atoms with van der Waals surface area (Å²) < 4.78 is 117. The van der Waals surface area contributed by atoms with E-state index in [9.17, 15) is 44.7 Å². The number of carbonyl (C=O) groups excluding carboxylic acids is 2. The number of amides is 2. The van der Waals surface area contributed by atoms with Crippen LogP contribution in [-0.4, -0.2) is 62.4 Å². The van der Waals surface area contributed by atoms with E-state index in [0.717, 1.165) is 50.7 Å². The molecule has 0 bridgehead atoms. The third-order valence-electron chi connectivity index (χ3n) is 12.9. The van der Waals surface area contributed by atoms with Crippen molar-refractivity contribution in [2.75, 3.05) is 39.5 Å². The Morgan fingerprint density at radius 1 is 0.586 bits per heavy atom. The fourth-order valence-corrected chi connectivity index (χ4v) is 9.28. The first kappa shape index (κ1) is 45.7. The quantitative estimate of drug-likeness (QED) is 0.160. The van der Waals surface area contributed by atoms with Crippen LogP contribution in [0, 0.1) is 23.5 Å². The molecule has 2 aliphatic carbocycles. The van der Waals surface area contributed by atoms with Crippen LogP contribution in [0.15, 0.2) is 36.4 Å². The molecule has 324 valence electrons. The van der Waals surface area contributed by atoms with Gasteiger partial charge in [-0.05, 0) is 162 Å². The van der Waals surface area contributed by atoms with E-state index < -0.39 is 46.2 Å². The Kier molecular flexibility index (Phi) is 15.6. The molecule has 2 aliphatic heterocycles. The maximum Gasteiger partial charge on any atom is 0.416 e. The second kappa shape index (κ2) is 19.8. The van der Waals surface area contributed by atoms with E-state index >= 15 is 0 Å². The highest BCUT2D eigenvalue weighted by molar-refractivity contribution is 5.85. The monoisotopic (exact) mass is 832 g/mol.